The van der Waals surface area contributed by atoms with E-state index in [-0.39, 0.29) is 5.57 Å². The molecule has 0 aromatic heterocycles. The second-order valence-electron chi connectivity index (χ2n) is 3.22. The monoisotopic (exact) mass is 222 g/mol. The highest BCUT2D eigenvalue weighted by atomic mass is 16.5. The van der Waals surface area contributed by atoms with Crippen LogP contribution in [0.1, 0.15) is 0 Å². The quantitative estimate of drug-likeness (QED) is 0.689. The molecular formula is C10H10N2O4. The van der Waals surface area contributed by atoms with E-state index in [1.54, 1.807) is 12.2 Å². The van der Waals surface area contributed by atoms with E-state index in [1.165, 1.54) is 18.2 Å². The summed E-state index contributed by atoms with van der Waals surface area (Å²) in [5.74, 6) is -0.156. The first-order valence-electron chi connectivity index (χ1n) is 4.55. The second-order valence-corrected chi connectivity index (χ2v) is 3.22. The van der Waals surface area contributed by atoms with Crippen LogP contribution in [0.5, 0.6) is 0 Å². The molecule has 0 spiro atoms. The number of carboxylic acid groups (broad SMARTS) is 1. The molecule has 0 aromatic carbocycles. The standard InChI is InChI=1S/C10H10N2O4/c1-16-6-2-3-12-8(4-6)11-5-7(9(12)13)10(14)15/h2-5,9,13H,1H3,(H,14,15)/t9-/m0/s1. The van der Waals surface area contributed by atoms with Crippen LogP contribution < -0.4 is 0 Å². The Hall–Kier alpha value is -2.08. The Bertz CT molecular complexity index is 448. The average Bonchev–Trinajstić information content (AvgIpc) is 2.28. The van der Waals surface area contributed by atoms with Crippen molar-refractivity contribution in [2.75, 3.05) is 7.11 Å². The molecule has 0 amide bonds. The van der Waals surface area contributed by atoms with Crippen molar-refractivity contribution >= 4 is 11.8 Å². The van der Waals surface area contributed by atoms with Gasteiger partial charge in [0.1, 0.15) is 17.2 Å². The van der Waals surface area contributed by atoms with Gasteiger partial charge in [-0.05, 0) is 6.08 Å². The molecule has 2 aliphatic rings. The van der Waals surface area contributed by atoms with E-state index in [2.05, 4.69) is 4.99 Å². The third kappa shape index (κ3) is 1.59. The van der Waals surface area contributed by atoms with E-state index in [4.69, 9.17) is 9.84 Å². The summed E-state index contributed by atoms with van der Waals surface area (Å²) in [5.41, 5.74) is -0.164. The fourth-order valence-corrected chi connectivity index (χ4v) is 1.44. The molecular weight excluding hydrogens is 212 g/mol. The van der Waals surface area contributed by atoms with Gasteiger partial charge in [0.05, 0.1) is 7.11 Å². The van der Waals surface area contributed by atoms with Gasteiger partial charge in [0.2, 0.25) is 0 Å². The number of aliphatic hydroxyl groups excluding tert-OH is 1. The van der Waals surface area contributed by atoms with Crippen LogP contribution in [-0.2, 0) is 9.53 Å². The Morgan fingerprint density at radius 3 is 3.00 bits per heavy atom. The number of carboxylic acids is 1. The molecule has 6 nitrogen and oxygen atoms in total. The Balaban J connectivity index is 2.36. The van der Waals surface area contributed by atoms with E-state index < -0.39 is 12.2 Å². The third-order valence-electron chi connectivity index (χ3n) is 2.30. The number of amidine groups is 1. The smallest absolute Gasteiger partial charge is 0.337 e. The zero-order chi connectivity index (χ0) is 11.7. The molecule has 2 aliphatic heterocycles. The van der Waals surface area contributed by atoms with Crippen LogP contribution >= 0.6 is 0 Å². The Kier molecular flexibility index (Phi) is 2.49. The van der Waals surface area contributed by atoms with Crippen molar-refractivity contribution in [1.82, 2.24) is 4.90 Å². The van der Waals surface area contributed by atoms with E-state index >= 15 is 0 Å². The van der Waals surface area contributed by atoms with Crippen molar-refractivity contribution in [3.63, 3.8) is 0 Å². The van der Waals surface area contributed by atoms with Gasteiger partial charge < -0.3 is 19.8 Å². The zero-order valence-corrected chi connectivity index (χ0v) is 8.49. The molecule has 0 unspecified atom stereocenters. The highest BCUT2D eigenvalue weighted by Crippen LogP contribution is 2.20. The molecule has 2 heterocycles. The molecule has 1 atom stereocenters. The number of allylic oxidation sites excluding steroid dienone is 1. The second kappa shape index (κ2) is 3.82. The van der Waals surface area contributed by atoms with Crippen molar-refractivity contribution in [1.29, 1.82) is 0 Å². The molecule has 0 fully saturated rings. The predicted octanol–water partition coefficient (Wildman–Crippen LogP) is 0.0450. The summed E-state index contributed by atoms with van der Waals surface area (Å²) in [6, 6.07) is 0. The fraction of sp³-hybridized carbons (Fsp3) is 0.200. The summed E-state index contributed by atoms with van der Waals surface area (Å²) < 4.78 is 5.00. The van der Waals surface area contributed by atoms with Crippen molar-refractivity contribution in [3.8, 4) is 0 Å². The van der Waals surface area contributed by atoms with Crippen LogP contribution in [0.2, 0.25) is 0 Å². The summed E-state index contributed by atoms with van der Waals surface area (Å²) in [6.07, 6.45) is 4.67. The number of fused-ring (bicyclic) bond motifs is 1. The van der Waals surface area contributed by atoms with Crippen LogP contribution in [0.4, 0.5) is 0 Å². The number of ether oxygens (including phenoxy) is 1. The van der Waals surface area contributed by atoms with Crippen LogP contribution in [0, 0.1) is 0 Å². The van der Waals surface area contributed by atoms with Gasteiger partial charge in [-0.3, -0.25) is 0 Å². The minimum Gasteiger partial charge on any atom is -0.497 e. The maximum Gasteiger partial charge on any atom is 0.337 e. The zero-order valence-electron chi connectivity index (χ0n) is 8.49. The van der Waals surface area contributed by atoms with Gasteiger partial charge in [-0.25, -0.2) is 9.79 Å². The summed E-state index contributed by atoms with van der Waals surface area (Å²) >= 11 is 0. The van der Waals surface area contributed by atoms with Gasteiger partial charge in [-0.2, -0.15) is 0 Å². The van der Waals surface area contributed by atoms with E-state index in [0.29, 0.717) is 11.6 Å². The Morgan fingerprint density at radius 2 is 2.38 bits per heavy atom. The maximum absolute atomic E-state index is 10.8. The number of aliphatic carboxylic acids is 1. The van der Waals surface area contributed by atoms with Gasteiger partial charge in [0.15, 0.2) is 6.23 Å². The Morgan fingerprint density at radius 1 is 1.62 bits per heavy atom. The summed E-state index contributed by atoms with van der Waals surface area (Å²) in [5, 5.41) is 18.6. The van der Waals surface area contributed by atoms with Crippen molar-refractivity contribution in [2.45, 2.75) is 6.23 Å². The molecule has 16 heavy (non-hydrogen) atoms. The summed E-state index contributed by atoms with van der Waals surface area (Å²) in [7, 11) is 1.52. The van der Waals surface area contributed by atoms with E-state index in [1.807, 2.05) is 0 Å². The van der Waals surface area contributed by atoms with Gasteiger partial charge in [0.25, 0.3) is 0 Å². The first-order valence-corrected chi connectivity index (χ1v) is 4.55. The molecule has 0 saturated carbocycles. The molecule has 0 radical (unpaired) electrons. The van der Waals surface area contributed by atoms with Crippen molar-refractivity contribution < 1.29 is 19.7 Å². The molecule has 84 valence electrons. The average molecular weight is 222 g/mol. The molecule has 0 bridgehead atoms. The molecule has 6 heteroatoms. The number of carbonyl (C=O) groups is 1. The SMILES string of the molecule is COC1=CC2=NC=C(C(=O)O)[C@H](O)N2C=C1. The van der Waals surface area contributed by atoms with Crippen LogP contribution in [0.3, 0.4) is 0 Å². The lowest BCUT2D eigenvalue weighted by molar-refractivity contribution is -0.134. The number of hydrogen-bond acceptors (Lipinski definition) is 5. The normalized spacial score (nSPS) is 23.0. The largest absolute Gasteiger partial charge is 0.497 e. The third-order valence-corrected chi connectivity index (χ3v) is 2.30. The van der Waals surface area contributed by atoms with E-state index in [0.717, 1.165) is 6.20 Å². The van der Waals surface area contributed by atoms with E-state index in [9.17, 15) is 9.90 Å². The number of aliphatic imine (C=N–C) groups is 1. The van der Waals surface area contributed by atoms with Gasteiger partial charge in [-0.1, -0.05) is 0 Å². The van der Waals surface area contributed by atoms with Crippen LogP contribution in [-0.4, -0.2) is 40.3 Å². The maximum atomic E-state index is 10.8. The van der Waals surface area contributed by atoms with Gasteiger partial charge >= 0.3 is 5.97 Å². The minimum atomic E-state index is -1.23. The fourth-order valence-electron chi connectivity index (χ4n) is 1.44. The number of aliphatic hydroxyl groups is 1. The molecule has 0 aromatic rings. The first-order chi connectivity index (χ1) is 7.63. The number of hydrogen-bond donors (Lipinski definition) is 2. The molecule has 0 saturated heterocycles. The van der Waals surface area contributed by atoms with Gasteiger partial charge in [0, 0.05) is 18.5 Å². The van der Waals surface area contributed by atoms with Crippen molar-refractivity contribution in [2.24, 2.45) is 4.99 Å². The molecule has 0 aliphatic carbocycles. The summed E-state index contributed by atoms with van der Waals surface area (Å²) in [4.78, 5) is 16.1. The first kappa shape index (κ1) is 10.4. The minimum absolute atomic E-state index is 0.164. The topological polar surface area (TPSA) is 82.4 Å². The molecule has 2 N–H and O–H groups in total. The highest BCUT2D eigenvalue weighted by molar-refractivity contribution is 5.99. The van der Waals surface area contributed by atoms with Crippen LogP contribution in [0.25, 0.3) is 0 Å². The van der Waals surface area contributed by atoms with Gasteiger partial charge in [-0.15, -0.1) is 0 Å². The lowest BCUT2D eigenvalue weighted by Gasteiger charge is -2.31. The number of rotatable bonds is 2. The lowest BCUT2D eigenvalue weighted by Crippen LogP contribution is -2.41. The number of nitrogens with zero attached hydrogens (tertiary/aromatic N) is 2. The van der Waals surface area contributed by atoms with Crippen molar-refractivity contribution in [3.05, 3.63) is 35.9 Å². The highest BCUT2D eigenvalue weighted by Gasteiger charge is 2.29. The Labute approximate surface area is 91.5 Å². The lowest BCUT2D eigenvalue weighted by atomic mass is 10.1. The van der Waals surface area contributed by atoms with Crippen LogP contribution in [0.15, 0.2) is 40.9 Å². The molecule has 2 rings (SSSR count). The number of methoxy groups -OCH3 is 1. The predicted molar refractivity (Wildman–Crippen MR) is 55.2 cm³/mol. The summed E-state index contributed by atoms with van der Waals surface area (Å²) in [6.45, 7) is 0.